The van der Waals surface area contributed by atoms with Crippen LogP contribution >= 0.6 is 23.7 Å². The molecule has 1 rings (SSSR count). The van der Waals surface area contributed by atoms with Gasteiger partial charge in [0.2, 0.25) is 0 Å². The zero-order chi connectivity index (χ0) is 11.6. The summed E-state index contributed by atoms with van der Waals surface area (Å²) >= 11 is 1.62. The van der Waals surface area contributed by atoms with Crippen LogP contribution in [0.25, 0.3) is 0 Å². The monoisotopic (exact) mass is 263 g/mol. The molecule has 0 aliphatic rings. The van der Waals surface area contributed by atoms with Gasteiger partial charge in [0.15, 0.2) is 0 Å². The zero-order valence-electron chi connectivity index (χ0n) is 9.94. The summed E-state index contributed by atoms with van der Waals surface area (Å²) < 4.78 is 4.75. The van der Waals surface area contributed by atoms with Crippen molar-refractivity contribution in [2.45, 2.75) is 26.8 Å². The second-order valence-corrected chi connectivity index (χ2v) is 5.46. The van der Waals surface area contributed by atoms with E-state index in [2.05, 4.69) is 0 Å². The van der Waals surface area contributed by atoms with Gasteiger partial charge in [0, 0.05) is 9.75 Å². The number of rotatable bonds is 3. The lowest BCUT2D eigenvalue weighted by Gasteiger charge is -2.27. The fourth-order valence-electron chi connectivity index (χ4n) is 1.37. The van der Waals surface area contributed by atoms with Gasteiger partial charge in [-0.3, -0.25) is 4.79 Å². The van der Waals surface area contributed by atoms with Gasteiger partial charge in [-0.25, -0.2) is 0 Å². The van der Waals surface area contributed by atoms with Crippen molar-refractivity contribution in [1.82, 2.24) is 0 Å². The Kier molecular flexibility index (Phi) is 5.46. The van der Waals surface area contributed by atoms with E-state index in [1.807, 2.05) is 19.1 Å². The van der Waals surface area contributed by atoms with E-state index in [1.54, 1.807) is 25.2 Å². The summed E-state index contributed by atoms with van der Waals surface area (Å²) in [7, 11) is 1.39. The van der Waals surface area contributed by atoms with Gasteiger partial charge in [0.05, 0.1) is 18.6 Å². The molecule has 1 aromatic rings. The lowest BCUT2D eigenvalue weighted by molar-refractivity contribution is -0.152. The molecule has 0 radical (unpaired) electrons. The molecular weight excluding hydrogens is 246 g/mol. The Labute approximate surface area is 106 Å². The fraction of sp³-hybridized carbons (Fsp3) is 0.545. The molecule has 16 heavy (non-hydrogen) atoms. The summed E-state index contributed by atoms with van der Waals surface area (Å²) in [5.41, 5.74) is 5.38. The van der Waals surface area contributed by atoms with Crippen molar-refractivity contribution in [2.75, 3.05) is 7.11 Å². The fourth-order valence-corrected chi connectivity index (χ4v) is 2.43. The van der Waals surface area contributed by atoms with E-state index in [9.17, 15) is 4.79 Å². The van der Waals surface area contributed by atoms with Gasteiger partial charge in [-0.05, 0) is 32.9 Å². The number of carbonyl (C=O) groups is 1. The molecule has 1 heterocycles. The highest BCUT2D eigenvalue weighted by molar-refractivity contribution is 7.12. The highest BCUT2D eigenvalue weighted by Crippen LogP contribution is 2.35. The quantitative estimate of drug-likeness (QED) is 0.853. The number of thiophene rings is 1. The van der Waals surface area contributed by atoms with Crippen molar-refractivity contribution in [3.05, 3.63) is 21.9 Å². The van der Waals surface area contributed by atoms with Crippen LogP contribution in [-0.2, 0) is 9.53 Å². The predicted octanol–water partition coefficient (Wildman–Crippen LogP) is 2.68. The molecule has 2 N–H and O–H groups in total. The number of nitrogens with two attached hydrogens (primary N) is 1. The molecule has 0 aliphatic carbocycles. The van der Waals surface area contributed by atoms with Crippen LogP contribution in [0, 0.1) is 12.3 Å². The lowest BCUT2D eigenvalue weighted by Crippen LogP contribution is -2.36. The van der Waals surface area contributed by atoms with Crippen molar-refractivity contribution in [3.8, 4) is 0 Å². The van der Waals surface area contributed by atoms with Crippen molar-refractivity contribution in [3.63, 3.8) is 0 Å². The van der Waals surface area contributed by atoms with E-state index in [4.69, 9.17) is 10.5 Å². The first-order valence-corrected chi connectivity index (χ1v) is 5.61. The third-order valence-corrected chi connectivity index (χ3v) is 3.64. The number of halogens is 1. The average Bonchev–Trinajstić information content (AvgIpc) is 2.62. The van der Waals surface area contributed by atoms with Crippen LogP contribution in [0.3, 0.4) is 0 Å². The maximum atomic E-state index is 11.6. The topological polar surface area (TPSA) is 52.3 Å². The second kappa shape index (κ2) is 5.66. The molecule has 0 bridgehead atoms. The van der Waals surface area contributed by atoms with E-state index in [-0.39, 0.29) is 24.4 Å². The van der Waals surface area contributed by atoms with Crippen molar-refractivity contribution >= 4 is 29.7 Å². The highest BCUT2D eigenvalue weighted by Gasteiger charge is 2.37. The Morgan fingerprint density at radius 1 is 1.50 bits per heavy atom. The van der Waals surface area contributed by atoms with Gasteiger partial charge in [-0.2, -0.15) is 0 Å². The number of aryl methyl sites for hydroxylation is 1. The zero-order valence-corrected chi connectivity index (χ0v) is 11.6. The molecule has 0 aromatic carbocycles. The van der Waals surface area contributed by atoms with Gasteiger partial charge in [-0.15, -0.1) is 23.7 Å². The first kappa shape index (κ1) is 15.4. The molecule has 0 spiro atoms. The van der Waals surface area contributed by atoms with Gasteiger partial charge in [-0.1, -0.05) is 0 Å². The van der Waals surface area contributed by atoms with Crippen molar-refractivity contribution in [1.29, 1.82) is 0 Å². The van der Waals surface area contributed by atoms with E-state index < -0.39 is 5.41 Å². The summed E-state index contributed by atoms with van der Waals surface area (Å²) in [6.45, 7) is 5.63. The largest absolute Gasteiger partial charge is 0.469 e. The van der Waals surface area contributed by atoms with Crippen LogP contribution in [0.1, 0.15) is 29.6 Å². The Morgan fingerprint density at radius 3 is 2.44 bits per heavy atom. The summed E-state index contributed by atoms with van der Waals surface area (Å²) in [6, 6.07) is 3.66. The SMILES string of the molecule is COC(=O)C(C)(C)[C@H](N)c1ccc(C)s1.Cl. The molecule has 0 unspecified atom stereocenters. The van der Waals surface area contributed by atoms with Crippen LogP contribution in [-0.4, -0.2) is 13.1 Å². The molecule has 1 atom stereocenters. The molecule has 5 heteroatoms. The van der Waals surface area contributed by atoms with Crippen LogP contribution in [0.5, 0.6) is 0 Å². The number of esters is 1. The van der Waals surface area contributed by atoms with Crippen LogP contribution in [0.2, 0.25) is 0 Å². The molecule has 0 fully saturated rings. The summed E-state index contributed by atoms with van der Waals surface area (Å²) in [5.74, 6) is -0.277. The van der Waals surface area contributed by atoms with Crippen LogP contribution < -0.4 is 5.73 Å². The van der Waals surface area contributed by atoms with Crippen LogP contribution in [0.15, 0.2) is 12.1 Å². The maximum Gasteiger partial charge on any atom is 0.313 e. The number of carbonyl (C=O) groups excluding carboxylic acids is 1. The van der Waals surface area contributed by atoms with Crippen molar-refractivity contribution < 1.29 is 9.53 Å². The third kappa shape index (κ3) is 2.97. The summed E-state index contributed by atoms with van der Waals surface area (Å²) in [4.78, 5) is 13.8. The Bertz CT molecular complexity index is 363. The summed E-state index contributed by atoms with van der Waals surface area (Å²) in [5, 5.41) is 0. The highest BCUT2D eigenvalue weighted by atomic mass is 35.5. The smallest absolute Gasteiger partial charge is 0.313 e. The summed E-state index contributed by atoms with van der Waals surface area (Å²) in [6.07, 6.45) is 0. The first-order chi connectivity index (χ1) is 6.89. The number of ether oxygens (including phenoxy) is 1. The van der Waals surface area contributed by atoms with Crippen molar-refractivity contribution in [2.24, 2.45) is 11.1 Å². The molecule has 0 saturated carbocycles. The molecule has 3 nitrogen and oxygen atoms in total. The second-order valence-electron chi connectivity index (χ2n) is 4.14. The standard InChI is InChI=1S/C11H17NO2S.ClH/c1-7-5-6-8(15-7)9(12)11(2,3)10(13)14-4;/h5-6,9H,12H2,1-4H3;1H/t9-;/m1./s1. The van der Waals surface area contributed by atoms with Gasteiger partial charge < -0.3 is 10.5 Å². The molecular formula is C11H18ClNO2S. The number of hydrogen-bond acceptors (Lipinski definition) is 4. The Morgan fingerprint density at radius 2 is 2.06 bits per heavy atom. The minimum atomic E-state index is -0.688. The van der Waals surface area contributed by atoms with Gasteiger partial charge in [0.1, 0.15) is 0 Å². The number of hydrogen-bond donors (Lipinski definition) is 1. The normalized spacial score (nSPS) is 12.8. The minimum absolute atomic E-state index is 0. The van der Waals surface area contributed by atoms with Crippen LogP contribution in [0.4, 0.5) is 0 Å². The molecule has 1 aromatic heterocycles. The Balaban J connectivity index is 0.00000225. The molecule has 0 saturated heterocycles. The lowest BCUT2D eigenvalue weighted by atomic mass is 9.84. The van der Waals surface area contributed by atoms with Gasteiger partial charge >= 0.3 is 5.97 Å². The molecule has 0 amide bonds. The average molecular weight is 264 g/mol. The third-order valence-electron chi connectivity index (χ3n) is 2.56. The Hall–Kier alpha value is -0.580. The minimum Gasteiger partial charge on any atom is -0.469 e. The first-order valence-electron chi connectivity index (χ1n) is 4.80. The van der Waals surface area contributed by atoms with E-state index in [0.29, 0.717) is 0 Å². The maximum absolute atomic E-state index is 11.6. The van der Waals surface area contributed by atoms with E-state index in [1.165, 1.54) is 12.0 Å². The predicted molar refractivity (Wildman–Crippen MR) is 69.0 cm³/mol. The van der Waals surface area contributed by atoms with E-state index in [0.717, 1.165) is 4.88 Å². The van der Waals surface area contributed by atoms with Gasteiger partial charge in [0.25, 0.3) is 0 Å². The molecule has 92 valence electrons. The molecule has 0 aliphatic heterocycles. The number of methoxy groups -OCH3 is 1. The van der Waals surface area contributed by atoms with E-state index >= 15 is 0 Å².